The summed E-state index contributed by atoms with van der Waals surface area (Å²) in [4.78, 5) is 54.0. The zero-order chi connectivity index (χ0) is 37.0. The van der Waals surface area contributed by atoms with Gasteiger partial charge in [-0.25, -0.2) is 19.2 Å². The first-order valence-corrected chi connectivity index (χ1v) is 20.3. The minimum atomic E-state index is -1.38. The summed E-state index contributed by atoms with van der Waals surface area (Å²) in [7, 11) is 0. The molecule has 8 heteroatoms. The maximum atomic E-state index is 14.0. The molecule has 0 saturated carbocycles. The molecule has 0 radical (unpaired) electrons. The van der Waals surface area contributed by atoms with Crippen LogP contribution in [0.5, 0.6) is 0 Å². The number of benzene rings is 1. The van der Waals surface area contributed by atoms with E-state index < -0.39 is 23.9 Å². The third-order valence-electron chi connectivity index (χ3n) is 9.57. The first kappa shape index (κ1) is 45.1. The molecule has 0 spiro atoms. The van der Waals surface area contributed by atoms with E-state index in [1.165, 1.54) is 0 Å². The van der Waals surface area contributed by atoms with Crippen LogP contribution < -0.4 is 0 Å². The van der Waals surface area contributed by atoms with Crippen LogP contribution >= 0.6 is 0 Å². The fourth-order valence-electron chi connectivity index (χ4n) is 6.68. The van der Waals surface area contributed by atoms with Crippen LogP contribution in [-0.2, 0) is 22.3 Å². The summed E-state index contributed by atoms with van der Waals surface area (Å²) in [5.41, 5.74) is -0.855. The van der Waals surface area contributed by atoms with Crippen LogP contribution in [-0.4, -0.2) is 47.3 Å². The van der Waals surface area contributed by atoms with E-state index in [9.17, 15) is 29.4 Å². The van der Waals surface area contributed by atoms with Gasteiger partial charge in [0.1, 0.15) is 0 Å². The lowest BCUT2D eigenvalue weighted by molar-refractivity contribution is 0.0475. The van der Waals surface area contributed by atoms with Crippen LogP contribution in [0.1, 0.15) is 234 Å². The molecule has 0 saturated heterocycles. The van der Waals surface area contributed by atoms with Crippen LogP contribution in [0.4, 0.5) is 0 Å². The molecule has 0 bridgehead atoms. The molecular formula is C42H70O8. The first-order chi connectivity index (χ1) is 24.3. The molecule has 0 aliphatic carbocycles. The molecule has 50 heavy (non-hydrogen) atoms. The van der Waals surface area contributed by atoms with Gasteiger partial charge in [-0.3, -0.25) is 0 Å². The molecule has 0 amide bonds. The Morgan fingerprint density at radius 1 is 0.380 bits per heavy atom. The van der Waals surface area contributed by atoms with Gasteiger partial charge in [0.05, 0.1) is 35.5 Å². The average Bonchev–Trinajstić information content (AvgIpc) is 3.09. The lowest BCUT2D eigenvalue weighted by Crippen LogP contribution is -2.26. The first-order valence-electron chi connectivity index (χ1n) is 20.3. The smallest absolute Gasteiger partial charge is 0.339 e. The normalized spacial score (nSPS) is 11.1. The molecule has 0 aliphatic rings. The van der Waals surface area contributed by atoms with Crippen molar-refractivity contribution in [2.45, 2.75) is 195 Å². The molecule has 2 N–H and O–H groups in total. The maximum absolute atomic E-state index is 14.0. The van der Waals surface area contributed by atoms with Crippen LogP contribution in [0.15, 0.2) is 0 Å². The average molecular weight is 703 g/mol. The number of carboxylic acids is 2. The van der Waals surface area contributed by atoms with Crippen LogP contribution in [0, 0.1) is 0 Å². The summed E-state index contributed by atoms with van der Waals surface area (Å²) in [5, 5.41) is 21.3. The molecule has 0 atom stereocenters. The lowest BCUT2D eigenvalue weighted by atomic mass is 9.82. The number of rotatable bonds is 32. The van der Waals surface area contributed by atoms with E-state index in [1.807, 2.05) is 0 Å². The van der Waals surface area contributed by atoms with Gasteiger partial charge in [-0.1, -0.05) is 156 Å². The topological polar surface area (TPSA) is 127 Å². The van der Waals surface area contributed by atoms with E-state index in [0.29, 0.717) is 25.7 Å². The summed E-state index contributed by atoms with van der Waals surface area (Å²) < 4.78 is 11.5. The lowest BCUT2D eigenvalue weighted by Gasteiger charge is -2.22. The van der Waals surface area contributed by atoms with Crippen molar-refractivity contribution in [2.75, 3.05) is 13.2 Å². The highest BCUT2D eigenvalue weighted by Crippen LogP contribution is 2.34. The zero-order valence-corrected chi connectivity index (χ0v) is 32.1. The largest absolute Gasteiger partial charge is 0.478 e. The Bertz CT molecular complexity index is 1060. The van der Waals surface area contributed by atoms with Gasteiger partial charge < -0.3 is 19.7 Å². The van der Waals surface area contributed by atoms with Gasteiger partial charge in [-0.05, 0) is 49.7 Å². The summed E-state index contributed by atoms with van der Waals surface area (Å²) in [6, 6.07) is 0. The molecule has 286 valence electrons. The van der Waals surface area contributed by atoms with Crippen LogP contribution in [0.25, 0.3) is 0 Å². The second-order valence-corrected chi connectivity index (χ2v) is 13.9. The van der Waals surface area contributed by atoms with Crippen molar-refractivity contribution >= 4 is 23.9 Å². The van der Waals surface area contributed by atoms with E-state index in [2.05, 4.69) is 27.7 Å². The number of esters is 2. The Kier molecular flexibility index (Phi) is 26.0. The highest BCUT2D eigenvalue weighted by atomic mass is 16.5. The number of hydrogen-bond donors (Lipinski definition) is 2. The van der Waals surface area contributed by atoms with Crippen molar-refractivity contribution < 1.29 is 38.9 Å². The standard InChI is InChI=1S/C42H70O8/c1-5-9-13-17-21-25-29-33-35(39(43)44)37(41(47)49-31-27-23-19-15-11-7-3)34(30-26-22-18-14-10-6-2)38(36(33)40(45)46)42(48)50-32-28-24-20-16-12-8-4/h5-32H2,1-4H3,(H,43,44)(H,45,46). The van der Waals surface area contributed by atoms with Gasteiger partial charge in [0, 0.05) is 0 Å². The second-order valence-electron chi connectivity index (χ2n) is 13.9. The van der Waals surface area contributed by atoms with Gasteiger partial charge in [0.2, 0.25) is 0 Å². The van der Waals surface area contributed by atoms with Crippen molar-refractivity contribution in [1.29, 1.82) is 0 Å². The molecule has 1 aromatic carbocycles. The Labute approximate surface area is 303 Å². The maximum Gasteiger partial charge on any atom is 0.339 e. The highest BCUT2D eigenvalue weighted by Gasteiger charge is 2.36. The van der Waals surface area contributed by atoms with Gasteiger partial charge in [-0.2, -0.15) is 0 Å². The molecule has 0 aromatic heterocycles. The second kappa shape index (κ2) is 28.8. The number of hydrogen-bond acceptors (Lipinski definition) is 6. The van der Waals surface area contributed by atoms with Crippen molar-refractivity contribution in [3.8, 4) is 0 Å². The Hall–Kier alpha value is -2.90. The van der Waals surface area contributed by atoms with Gasteiger partial charge in [0.15, 0.2) is 0 Å². The molecule has 0 heterocycles. The molecule has 0 aliphatic heterocycles. The molecule has 0 fully saturated rings. The molecular weight excluding hydrogens is 632 g/mol. The van der Waals surface area contributed by atoms with E-state index in [4.69, 9.17) is 9.47 Å². The van der Waals surface area contributed by atoms with E-state index in [-0.39, 0.29) is 59.4 Å². The number of carbonyl (C=O) groups is 4. The predicted octanol–water partition coefficient (Wildman–Crippen LogP) is 11.9. The molecule has 0 unspecified atom stereocenters. The minimum absolute atomic E-state index is 0.0187. The Balaban J connectivity index is 3.67. The molecule has 8 nitrogen and oxygen atoms in total. The van der Waals surface area contributed by atoms with Gasteiger partial charge in [-0.15, -0.1) is 0 Å². The molecule has 1 aromatic rings. The number of aromatic carboxylic acids is 2. The van der Waals surface area contributed by atoms with Crippen molar-refractivity contribution in [1.82, 2.24) is 0 Å². The third kappa shape index (κ3) is 17.4. The van der Waals surface area contributed by atoms with E-state index in [1.54, 1.807) is 0 Å². The van der Waals surface area contributed by atoms with Gasteiger partial charge >= 0.3 is 23.9 Å². The SMILES string of the molecule is CCCCCCCCOC(=O)c1c(CCCCCCCC)c(C(=O)OCCCCCCCC)c(C(=O)O)c(CCCCCCCC)c1C(=O)O. The van der Waals surface area contributed by atoms with Gasteiger partial charge in [0.25, 0.3) is 0 Å². The summed E-state index contributed by atoms with van der Waals surface area (Å²) in [6.07, 6.45) is 23.3. The summed E-state index contributed by atoms with van der Waals surface area (Å²) in [6.45, 7) is 8.84. The Morgan fingerprint density at radius 3 is 0.940 bits per heavy atom. The monoisotopic (exact) mass is 703 g/mol. The predicted molar refractivity (Wildman–Crippen MR) is 202 cm³/mol. The summed E-state index contributed by atoms with van der Waals surface area (Å²) in [5.74, 6) is -4.36. The summed E-state index contributed by atoms with van der Waals surface area (Å²) >= 11 is 0. The van der Waals surface area contributed by atoms with Crippen molar-refractivity contribution in [3.63, 3.8) is 0 Å². The fourth-order valence-corrected chi connectivity index (χ4v) is 6.68. The van der Waals surface area contributed by atoms with Crippen LogP contribution in [0.3, 0.4) is 0 Å². The number of unbranched alkanes of at least 4 members (excludes halogenated alkanes) is 20. The van der Waals surface area contributed by atoms with Crippen molar-refractivity contribution in [2.24, 2.45) is 0 Å². The van der Waals surface area contributed by atoms with E-state index >= 15 is 0 Å². The molecule has 1 rings (SSSR count). The number of carbonyl (C=O) groups excluding carboxylic acids is 2. The van der Waals surface area contributed by atoms with Crippen LogP contribution in [0.2, 0.25) is 0 Å². The van der Waals surface area contributed by atoms with Crippen molar-refractivity contribution in [3.05, 3.63) is 33.4 Å². The number of carboxylic acid groups (broad SMARTS) is 2. The fraction of sp³-hybridized carbons (Fsp3) is 0.762. The highest BCUT2D eigenvalue weighted by molar-refractivity contribution is 6.13. The Morgan fingerprint density at radius 2 is 0.640 bits per heavy atom. The van der Waals surface area contributed by atoms with E-state index in [0.717, 1.165) is 128 Å². The minimum Gasteiger partial charge on any atom is -0.478 e. The quantitative estimate of drug-likeness (QED) is 0.0561. The zero-order valence-electron chi connectivity index (χ0n) is 32.1. The number of ether oxygens (including phenoxy) is 2. The third-order valence-corrected chi connectivity index (χ3v) is 9.57.